The number of fused-ring (bicyclic) bond motifs is 1. The van der Waals surface area contributed by atoms with E-state index in [0.717, 1.165) is 29.7 Å². The minimum atomic E-state index is -0.564. The zero-order valence-corrected chi connectivity index (χ0v) is 15.0. The molecule has 26 heavy (non-hydrogen) atoms. The molecule has 1 heterocycles. The van der Waals surface area contributed by atoms with E-state index in [1.165, 1.54) is 17.4 Å². The molecule has 2 amide bonds. The lowest BCUT2D eigenvalue weighted by atomic mass is 10.1. The summed E-state index contributed by atoms with van der Waals surface area (Å²) >= 11 is 1.36. The first-order valence-corrected chi connectivity index (χ1v) is 8.86. The molecule has 1 aromatic heterocycles. The fourth-order valence-electron chi connectivity index (χ4n) is 2.94. The van der Waals surface area contributed by atoms with Gasteiger partial charge in [0, 0.05) is 4.88 Å². The number of amides is 2. The number of benzene rings is 1. The molecule has 0 spiro atoms. The van der Waals surface area contributed by atoms with Crippen LogP contribution in [0.4, 0.5) is 5.00 Å². The van der Waals surface area contributed by atoms with Gasteiger partial charge >= 0.3 is 0 Å². The maximum absolute atomic E-state index is 12.5. The quantitative estimate of drug-likeness (QED) is 0.626. The van der Waals surface area contributed by atoms with E-state index in [4.69, 9.17) is 10.5 Å². The number of nitrogens with zero attached hydrogens (tertiary/aromatic N) is 1. The lowest BCUT2D eigenvalue weighted by Gasteiger charge is -2.05. The van der Waals surface area contributed by atoms with E-state index in [2.05, 4.69) is 5.32 Å². The van der Waals surface area contributed by atoms with Crippen LogP contribution < -0.4 is 15.8 Å². The van der Waals surface area contributed by atoms with Crippen LogP contribution in [0.15, 0.2) is 29.8 Å². The smallest absolute Gasteiger partial charge is 0.266 e. The van der Waals surface area contributed by atoms with Crippen LogP contribution in [0.3, 0.4) is 0 Å². The van der Waals surface area contributed by atoms with Crippen LogP contribution in [0.25, 0.3) is 6.08 Å². The number of rotatable bonds is 5. The van der Waals surface area contributed by atoms with E-state index in [1.807, 2.05) is 6.07 Å². The molecule has 2 aromatic rings. The first-order chi connectivity index (χ1) is 12.5. The minimum absolute atomic E-state index is 0.0563. The van der Waals surface area contributed by atoms with Crippen molar-refractivity contribution in [1.82, 2.24) is 0 Å². The molecule has 0 saturated heterocycles. The number of hydrogen-bond donors (Lipinski definition) is 2. The van der Waals surface area contributed by atoms with E-state index in [9.17, 15) is 14.9 Å². The number of carbonyl (C=O) groups excluding carboxylic acids is 2. The molecule has 0 radical (unpaired) electrons. The number of nitriles is 1. The van der Waals surface area contributed by atoms with Crippen molar-refractivity contribution in [3.05, 3.63) is 51.4 Å². The molecule has 7 heteroatoms. The molecular formula is C19H17N3O3S. The predicted octanol–water partition coefficient (Wildman–Crippen LogP) is 2.89. The topological polar surface area (TPSA) is 105 Å². The number of aryl methyl sites for hydroxylation is 1. The number of nitrogens with two attached hydrogens (primary N) is 1. The lowest BCUT2D eigenvalue weighted by molar-refractivity contribution is -0.112. The number of hydrogen-bond acceptors (Lipinski definition) is 5. The van der Waals surface area contributed by atoms with E-state index in [0.29, 0.717) is 21.9 Å². The van der Waals surface area contributed by atoms with Crippen LogP contribution in [0.5, 0.6) is 5.75 Å². The summed E-state index contributed by atoms with van der Waals surface area (Å²) in [6, 6.07) is 8.89. The summed E-state index contributed by atoms with van der Waals surface area (Å²) in [7, 11) is 1.56. The second-order valence-corrected chi connectivity index (χ2v) is 6.93. The number of methoxy groups -OCH3 is 1. The highest BCUT2D eigenvalue weighted by atomic mass is 32.1. The summed E-state index contributed by atoms with van der Waals surface area (Å²) in [5.41, 5.74) is 7.43. The Morgan fingerprint density at radius 1 is 1.31 bits per heavy atom. The van der Waals surface area contributed by atoms with Crippen LogP contribution in [-0.4, -0.2) is 18.9 Å². The Labute approximate surface area is 154 Å². The van der Waals surface area contributed by atoms with E-state index in [1.54, 1.807) is 31.4 Å². The van der Waals surface area contributed by atoms with Gasteiger partial charge in [-0.25, -0.2) is 0 Å². The Bertz CT molecular complexity index is 936. The van der Waals surface area contributed by atoms with Crippen molar-refractivity contribution in [2.45, 2.75) is 19.3 Å². The number of ether oxygens (including phenoxy) is 1. The van der Waals surface area contributed by atoms with Crippen molar-refractivity contribution in [3.63, 3.8) is 0 Å². The Hall–Kier alpha value is -3.11. The molecule has 6 nitrogen and oxygen atoms in total. The molecular weight excluding hydrogens is 350 g/mol. The summed E-state index contributed by atoms with van der Waals surface area (Å²) in [5.74, 6) is -0.438. The number of thiophene rings is 1. The van der Waals surface area contributed by atoms with Crippen LogP contribution in [-0.2, 0) is 17.6 Å². The van der Waals surface area contributed by atoms with Crippen LogP contribution >= 0.6 is 11.3 Å². The van der Waals surface area contributed by atoms with Crippen molar-refractivity contribution in [2.24, 2.45) is 5.73 Å². The fourth-order valence-corrected chi connectivity index (χ4v) is 4.23. The number of primary amides is 1. The van der Waals surface area contributed by atoms with Crippen LogP contribution in [0.2, 0.25) is 0 Å². The Morgan fingerprint density at radius 3 is 2.65 bits per heavy atom. The van der Waals surface area contributed by atoms with E-state index < -0.39 is 11.8 Å². The third kappa shape index (κ3) is 3.46. The number of nitrogens with one attached hydrogen (secondary N) is 1. The van der Waals surface area contributed by atoms with Gasteiger partial charge < -0.3 is 15.8 Å². The van der Waals surface area contributed by atoms with Gasteiger partial charge in [0.1, 0.15) is 22.4 Å². The molecule has 0 atom stereocenters. The monoisotopic (exact) mass is 367 g/mol. The van der Waals surface area contributed by atoms with Crippen molar-refractivity contribution in [1.29, 1.82) is 5.26 Å². The van der Waals surface area contributed by atoms with Gasteiger partial charge in [-0.1, -0.05) is 12.1 Å². The molecule has 0 saturated carbocycles. The number of anilines is 1. The average molecular weight is 367 g/mol. The zero-order valence-electron chi connectivity index (χ0n) is 14.2. The van der Waals surface area contributed by atoms with Crippen molar-refractivity contribution in [2.75, 3.05) is 12.4 Å². The highest BCUT2D eigenvalue weighted by Crippen LogP contribution is 2.39. The standard InChI is InChI=1S/C19H17N3O3S/c1-25-13-7-5-11(6-8-13)9-12(10-20)18(24)22-19-16(17(21)23)14-3-2-4-15(14)26-19/h5-9H,2-4H2,1H3,(H2,21,23)(H,22,24). The van der Waals surface area contributed by atoms with Gasteiger partial charge in [0.25, 0.3) is 11.8 Å². The highest BCUT2D eigenvalue weighted by molar-refractivity contribution is 7.17. The van der Waals surface area contributed by atoms with Gasteiger partial charge in [0.05, 0.1) is 12.7 Å². The van der Waals surface area contributed by atoms with Crippen molar-refractivity contribution < 1.29 is 14.3 Å². The summed E-state index contributed by atoms with van der Waals surface area (Å²) in [6.07, 6.45) is 4.13. The molecule has 0 fully saturated rings. The number of carbonyl (C=O) groups is 2. The Balaban J connectivity index is 1.85. The molecule has 1 aliphatic rings. The van der Waals surface area contributed by atoms with Crippen LogP contribution in [0, 0.1) is 11.3 Å². The van der Waals surface area contributed by atoms with Gasteiger partial charge in [-0.3, -0.25) is 9.59 Å². The Kier molecular flexibility index (Phi) is 5.05. The lowest BCUT2D eigenvalue weighted by Crippen LogP contribution is -2.18. The third-order valence-electron chi connectivity index (χ3n) is 4.19. The second-order valence-electron chi connectivity index (χ2n) is 5.82. The van der Waals surface area contributed by atoms with Gasteiger partial charge in [-0.05, 0) is 48.6 Å². The zero-order chi connectivity index (χ0) is 18.7. The maximum atomic E-state index is 12.5. The SMILES string of the molecule is COc1ccc(C=C(C#N)C(=O)Nc2sc3c(c2C(N)=O)CCC3)cc1. The minimum Gasteiger partial charge on any atom is -0.497 e. The first-order valence-electron chi connectivity index (χ1n) is 8.05. The second kappa shape index (κ2) is 7.42. The first kappa shape index (κ1) is 17.7. The van der Waals surface area contributed by atoms with Gasteiger partial charge in [-0.15, -0.1) is 11.3 Å². The highest BCUT2D eigenvalue weighted by Gasteiger charge is 2.26. The summed E-state index contributed by atoms with van der Waals surface area (Å²) in [6.45, 7) is 0. The summed E-state index contributed by atoms with van der Waals surface area (Å²) in [4.78, 5) is 25.4. The molecule has 1 aromatic carbocycles. The Morgan fingerprint density at radius 2 is 2.04 bits per heavy atom. The van der Waals surface area contributed by atoms with Gasteiger partial charge in [0.2, 0.25) is 0 Å². The van der Waals surface area contributed by atoms with Crippen molar-refractivity contribution in [3.8, 4) is 11.8 Å². The molecule has 3 rings (SSSR count). The van der Waals surface area contributed by atoms with E-state index in [-0.39, 0.29) is 5.57 Å². The molecule has 132 valence electrons. The molecule has 3 N–H and O–H groups in total. The van der Waals surface area contributed by atoms with Crippen LogP contribution in [0.1, 0.15) is 32.8 Å². The van der Waals surface area contributed by atoms with E-state index >= 15 is 0 Å². The fraction of sp³-hybridized carbons (Fsp3) is 0.211. The normalized spacial score (nSPS) is 13.0. The largest absolute Gasteiger partial charge is 0.497 e. The predicted molar refractivity (Wildman–Crippen MR) is 100 cm³/mol. The van der Waals surface area contributed by atoms with Gasteiger partial charge in [-0.2, -0.15) is 5.26 Å². The molecule has 0 unspecified atom stereocenters. The molecule has 0 aliphatic heterocycles. The van der Waals surface area contributed by atoms with Crippen molar-refractivity contribution >= 4 is 34.2 Å². The third-order valence-corrected chi connectivity index (χ3v) is 5.39. The average Bonchev–Trinajstić information content (AvgIpc) is 3.20. The summed E-state index contributed by atoms with van der Waals surface area (Å²) < 4.78 is 5.08. The maximum Gasteiger partial charge on any atom is 0.266 e. The van der Waals surface area contributed by atoms with Gasteiger partial charge in [0.15, 0.2) is 0 Å². The molecule has 0 bridgehead atoms. The summed E-state index contributed by atoms with van der Waals surface area (Å²) in [5, 5.41) is 12.4. The molecule has 1 aliphatic carbocycles.